The Kier molecular flexibility index (Phi) is 4.76. The lowest BCUT2D eigenvalue weighted by Gasteiger charge is -2.17. The molecule has 2 N–H and O–H groups in total. The highest BCUT2D eigenvalue weighted by Crippen LogP contribution is 2.37. The first-order chi connectivity index (χ1) is 9.62. The van der Waals surface area contributed by atoms with Gasteiger partial charge >= 0.3 is 0 Å². The average Bonchev–Trinajstić information content (AvgIpc) is 3.08. The number of hydrogen-bond donors (Lipinski definition) is 1. The van der Waals surface area contributed by atoms with E-state index in [0.717, 1.165) is 25.7 Å². The van der Waals surface area contributed by atoms with Gasteiger partial charge in [-0.2, -0.15) is 4.98 Å². The van der Waals surface area contributed by atoms with E-state index in [4.69, 9.17) is 26.6 Å². The van der Waals surface area contributed by atoms with E-state index in [9.17, 15) is 0 Å². The fraction of sp³-hybridized carbons (Fsp3) is 0.429. The van der Waals surface area contributed by atoms with Gasteiger partial charge in [0.15, 0.2) is 5.82 Å². The van der Waals surface area contributed by atoms with Gasteiger partial charge in [-0.1, -0.05) is 29.6 Å². The SMILES string of the molecule is COc1ccc(Cl)cc1-c1nc(C2(N)CCCC2)no1.Cl. The van der Waals surface area contributed by atoms with Gasteiger partial charge in [-0.3, -0.25) is 0 Å². The first-order valence-corrected chi connectivity index (χ1v) is 6.97. The molecule has 1 heterocycles. The van der Waals surface area contributed by atoms with E-state index in [-0.39, 0.29) is 12.4 Å². The second-order valence-corrected chi connectivity index (χ2v) is 5.57. The van der Waals surface area contributed by atoms with Crippen LogP contribution in [0.1, 0.15) is 31.5 Å². The molecule has 1 saturated carbocycles. The summed E-state index contributed by atoms with van der Waals surface area (Å²) in [4.78, 5) is 4.44. The van der Waals surface area contributed by atoms with Crippen molar-refractivity contribution in [3.63, 3.8) is 0 Å². The van der Waals surface area contributed by atoms with Crippen LogP contribution in [0.2, 0.25) is 5.02 Å². The average molecular weight is 330 g/mol. The Morgan fingerprint density at radius 3 is 2.71 bits per heavy atom. The molecular weight excluding hydrogens is 313 g/mol. The molecule has 0 aliphatic heterocycles. The van der Waals surface area contributed by atoms with Crippen LogP contribution in [-0.2, 0) is 5.54 Å². The van der Waals surface area contributed by atoms with Gasteiger partial charge in [0.1, 0.15) is 5.75 Å². The smallest absolute Gasteiger partial charge is 0.261 e. The molecule has 1 aromatic carbocycles. The molecule has 7 heteroatoms. The summed E-state index contributed by atoms with van der Waals surface area (Å²) in [7, 11) is 1.59. The predicted molar refractivity (Wildman–Crippen MR) is 82.9 cm³/mol. The number of aromatic nitrogens is 2. The molecule has 1 fully saturated rings. The van der Waals surface area contributed by atoms with Crippen molar-refractivity contribution in [3.8, 4) is 17.2 Å². The van der Waals surface area contributed by atoms with Crippen molar-refractivity contribution >= 4 is 24.0 Å². The van der Waals surface area contributed by atoms with Gasteiger partial charge in [0, 0.05) is 5.02 Å². The van der Waals surface area contributed by atoms with Crippen LogP contribution in [0.3, 0.4) is 0 Å². The number of ether oxygens (including phenoxy) is 1. The number of benzene rings is 1. The van der Waals surface area contributed by atoms with E-state index in [2.05, 4.69) is 10.1 Å². The Morgan fingerprint density at radius 1 is 1.33 bits per heavy atom. The Morgan fingerprint density at radius 2 is 2.05 bits per heavy atom. The molecule has 0 saturated heterocycles. The molecule has 0 bridgehead atoms. The van der Waals surface area contributed by atoms with Crippen molar-refractivity contribution in [2.75, 3.05) is 7.11 Å². The zero-order valence-electron chi connectivity index (χ0n) is 11.6. The van der Waals surface area contributed by atoms with E-state index >= 15 is 0 Å². The van der Waals surface area contributed by atoms with Crippen LogP contribution < -0.4 is 10.5 Å². The van der Waals surface area contributed by atoms with E-state index in [0.29, 0.717) is 28.1 Å². The van der Waals surface area contributed by atoms with Gasteiger partial charge in [-0.15, -0.1) is 12.4 Å². The Balaban J connectivity index is 0.00000161. The molecule has 0 atom stereocenters. The molecule has 2 aromatic rings. The highest BCUT2D eigenvalue weighted by atomic mass is 35.5. The molecule has 5 nitrogen and oxygen atoms in total. The van der Waals surface area contributed by atoms with Crippen molar-refractivity contribution < 1.29 is 9.26 Å². The van der Waals surface area contributed by atoms with Gasteiger partial charge in [-0.05, 0) is 31.0 Å². The molecule has 1 aliphatic rings. The minimum atomic E-state index is -0.465. The second-order valence-electron chi connectivity index (χ2n) is 5.13. The van der Waals surface area contributed by atoms with E-state index in [1.807, 2.05) is 0 Å². The van der Waals surface area contributed by atoms with Crippen LogP contribution in [-0.4, -0.2) is 17.3 Å². The van der Waals surface area contributed by atoms with Crippen LogP contribution in [0, 0.1) is 0 Å². The summed E-state index contributed by atoms with van der Waals surface area (Å²) in [5, 5.41) is 4.63. The zero-order chi connectivity index (χ0) is 14.2. The molecule has 3 rings (SSSR count). The van der Waals surface area contributed by atoms with Crippen LogP contribution in [0.4, 0.5) is 0 Å². The molecule has 0 radical (unpaired) electrons. The lowest BCUT2D eigenvalue weighted by Crippen LogP contribution is -2.34. The summed E-state index contributed by atoms with van der Waals surface area (Å²) in [6, 6.07) is 5.27. The van der Waals surface area contributed by atoms with Crippen LogP contribution in [0.5, 0.6) is 5.75 Å². The highest BCUT2D eigenvalue weighted by Gasteiger charge is 2.36. The standard InChI is InChI=1S/C14H16ClN3O2.ClH/c1-19-11-5-4-9(15)8-10(11)12-17-13(18-20-12)14(16)6-2-3-7-14;/h4-5,8H,2-3,6-7,16H2,1H3;1H. The number of methoxy groups -OCH3 is 1. The summed E-state index contributed by atoms with van der Waals surface area (Å²) in [6.07, 6.45) is 3.97. The summed E-state index contributed by atoms with van der Waals surface area (Å²) in [5.41, 5.74) is 6.55. The molecule has 0 unspecified atom stereocenters. The number of rotatable bonds is 3. The van der Waals surface area contributed by atoms with Gasteiger partial charge < -0.3 is 15.0 Å². The largest absolute Gasteiger partial charge is 0.496 e. The Labute approximate surface area is 134 Å². The monoisotopic (exact) mass is 329 g/mol. The van der Waals surface area contributed by atoms with Crippen molar-refractivity contribution in [1.82, 2.24) is 10.1 Å². The Bertz CT molecular complexity index is 624. The second kappa shape index (κ2) is 6.22. The van der Waals surface area contributed by atoms with Gasteiger partial charge in [0.05, 0.1) is 18.2 Å². The number of nitrogens with two attached hydrogens (primary N) is 1. The first-order valence-electron chi connectivity index (χ1n) is 6.59. The summed E-state index contributed by atoms with van der Waals surface area (Å²) in [5.74, 6) is 1.59. The van der Waals surface area contributed by atoms with Gasteiger partial charge in [-0.25, -0.2) is 0 Å². The lowest BCUT2D eigenvalue weighted by atomic mass is 9.99. The van der Waals surface area contributed by atoms with Crippen molar-refractivity contribution in [3.05, 3.63) is 29.0 Å². The third-order valence-corrected chi connectivity index (χ3v) is 3.99. The number of hydrogen-bond acceptors (Lipinski definition) is 5. The molecular formula is C14H17Cl2N3O2. The minimum Gasteiger partial charge on any atom is -0.496 e. The normalized spacial score (nSPS) is 16.5. The fourth-order valence-electron chi connectivity index (χ4n) is 2.61. The minimum absolute atomic E-state index is 0. The summed E-state index contributed by atoms with van der Waals surface area (Å²) in [6.45, 7) is 0. The van der Waals surface area contributed by atoms with Crippen LogP contribution in [0.25, 0.3) is 11.5 Å². The topological polar surface area (TPSA) is 74.2 Å². The van der Waals surface area contributed by atoms with E-state index < -0.39 is 5.54 Å². The number of nitrogens with zero attached hydrogens (tertiary/aromatic N) is 2. The fourth-order valence-corrected chi connectivity index (χ4v) is 2.78. The molecule has 0 amide bonds. The molecule has 1 aliphatic carbocycles. The third-order valence-electron chi connectivity index (χ3n) is 3.76. The maximum atomic E-state index is 6.33. The first kappa shape index (κ1) is 16.1. The van der Waals surface area contributed by atoms with Gasteiger partial charge in [0.25, 0.3) is 5.89 Å². The zero-order valence-corrected chi connectivity index (χ0v) is 13.2. The van der Waals surface area contributed by atoms with E-state index in [1.165, 1.54) is 0 Å². The van der Waals surface area contributed by atoms with Crippen molar-refractivity contribution in [2.24, 2.45) is 5.73 Å². The highest BCUT2D eigenvalue weighted by molar-refractivity contribution is 6.30. The Hall–Kier alpha value is -1.30. The molecule has 114 valence electrons. The summed E-state index contributed by atoms with van der Waals surface area (Å²) < 4.78 is 10.6. The van der Waals surface area contributed by atoms with Crippen molar-refractivity contribution in [2.45, 2.75) is 31.2 Å². The van der Waals surface area contributed by atoms with E-state index in [1.54, 1.807) is 25.3 Å². The molecule has 0 spiro atoms. The van der Waals surface area contributed by atoms with Crippen LogP contribution >= 0.6 is 24.0 Å². The summed E-state index contributed by atoms with van der Waals surface area (Å²) >= 11 is 6.01. The van der Waals surface area contributed by atoms with Crippen LogP contribution in [0.15, 0.2) is 22.7 Å². The molecule has 1 aromatic heterocycles. The molecule has 21 heavy (non-hydrogen) atoms. The maximum absolute atomic E-state index is 6.33. The lowest BCUT2D eigenvalue weighted by molar-refractivity contribution is 0.370. The maximum Gasteiger partial charge on any atom is 0.261 e. The predicted octanol–water partition coefficient (Wildman–Crippen LogP) is 3.55. The van der Waals surface area contributed by atoms with Crippen molar-refractivity contribution in [1.29, 1.82) is 0 Å². The van der Waals surface area contributed by atoms with Gasteiger partial charge in [0.2, 0.25) is 0 Å². The third kappa shape index (κ3) is 3.00. The quantitative estimate of drug-likeness (QED) is 0.931. The number of halogens is 2.